The van der Waals surface area contributed by atoms with Gasteiger partial charge in [-0.05, 0) is 30.9 Å². The molecule has 0 spiro atoms. The van der Waals surface area contributed by atoms with Gasteiger partial charge in [0.1, 0.15) is 11.6 Å². The average molecular weight is 312 g/mol. The van der Waals surface area contributed by atoms with Crippen molar-refractivity contribution in [3.05, 3.63) is 41.9 Å². The Morgan fingerprint density at radius 1 is 1.35 bits per heavy atom. The Kier molecular flexibility index (Phi) is 3.52. The molecule has 4 rings (SSSR count). The van der Waals surface area contributed by atoms with E-state index >= 15 is 0 Å². The van der Waals surface area contributed by atoms with Crippen LogP contribution in [0.5, 0.6) is 0 Å². The highest BCUT2D eigenvalue weighted by molar-refractivity contribution is 5.92. The first-order chi connectivity index (χ1) is 11.2. The molecular weight excluding hydrogens is 292 g/mol. The van der Waals surface area contributed by atoms with E-state index in [2.05, 4.69) is 27.3 Å². The Morgan fingerprint density at radius 3 is 2.96 bits per heavy atom. The third-order valence-corrected chi connectivity index (χ3v) is 4.64. The van der Waals surface area contributed by atoms with Crippen LogP contribution in [0.15, 0.2) is 35.0 Å². The summed E-state index contributed by atoms with van der Waals surface area (Å²) in [4.78, 5) is 19.0. The SMILES string of the molecule is C[C@@H]1CN(c2ccccn2)C[C@@H]1NC(=O)c1cc(C2CC2)on1. The molecule has 1 saturated carbocycles. The molecule has 6 heteroatoms. The number of aromatic nitrogens is 2. The molecule has 23 heavy (non-hydrogen) atoms. The number of nitrogens with one attached hydrogen (secondary N) is 1. The lowest BCUT2D eigenvalue weighted by atomic mass is 10.1. The number of nitrogens with zero attached hydrogens (tertiary/aromatic N) is 3. The molecule has 2 fully saturated rings. The van der Waals surface area contributed by atoms with Crippen molar-refractivity contribution >= 4 is 11.7 Å². The van der Waals surface area contributed by atoms with Gasteiger partial charge in [-0.3, -0.25) is 4.79 Å². The van der Waals surface area contributed by atoms with Crippen molar-refractivity contribution in [3.8, 4) is 0 Å². The number of pyridine rings is 1. The third-order valence-electron chi connectivity index (χ3n) is 4.64. The molecular formula is C17H20N4O2. The molecule has 0 unspecified atom stereocenters. The van der Waals surface area contributed by atoms with Crippen molar-refractivity contribution in [2.75, 3.05) is 18.0 Å². The predicted octanol–water partition coefficient (Wildman–Crippen LogP) is 2.20. The molecule has 120 valence electrons. The van der Waals surface area contributed by atoms with E-state index in [4.69, 9.17) is 4.52 Å². The minimum Gasteiger partial charge on any atom is -0.360 e. The van der Waals surface area contributed by atoms with Crippen LogP contribution in [-0.4, -0.2) is 35.2 Å². The Morgan fingerprint density at radius 2 is 2.22 bits per heavy atom. The van der Waals surface area contributed by atoms with Crippen LogP contribution in [0.2, 0.25) is 0 Å². The van der Waals surface area contributed by atoms with Crippen LogP contribution >= 0.6 is 0 Å². The fraction of sp³-hybridized carbons (Fsp3) is 0.471. The Labute approximate surface area is 134 Å². The molecule has 0 bridgehead atoms. The Bertz CT molecular complexity index is 696. The molecule has 3 heterocycles. The molecule has 0 aromatic carbocycles. The van der Waals surface area contributed by atoms with Crippen LogP contribution in [-0.2, 0) is 0 Å². The van der Waals surface area contributed by atoms with Crippen LogP contribution in [0, 0.1) is 5.92 Å². The molecule has 1 aliphatic carbocycles. The maximum atomic E-state index is 12.4. The molecule has 1 amide bonds. The first-order valence-electron chi connectivity index (χ1n) is 8.14. The summed E-state index contributed by atoms with van der Waals surface area (Å²) in [6, 6.07) is 7.75. The molecule has 1 saturated heterocycles. The zero-order valence-electron chi connectivity index (χ0n) is 13.1. The molecule has 6 nitrogen and oxygen atoms in total. The van der Waals surface area contributed by atoms with Gasteiger partial charge in [0.2, 0.25) is 0 Å². The van der Waals surface area contributed by atoms with Crippen LogP contribution < -0.4 is 10.2 Å². The fourth-order valence-electron chi connectivity index (χ4n) is 3.08. The molecule has 1 N–H and O–H groups in total. The number of carbonyl (C=O) groups is 1. The first-order valence-corrected chi connectivity index (χ1v) is 8.14. The predicted molar refractivity (Wildman–Crippen MR) is 85.3 cm³/mol. The minimum atomic E-state index is -0.152. The highest BCUT2D eigenvalue weighted by Crippen LogP contribution is 2.40. The summed E-state index contributed by atoms with van der Waals surface area (Å²) in [5.41, 5.74) is 0.385. The normalized spacial score (nSPS) is 24.0. The van der Waals surface area contributed by atoms with E-state index in [1.807, 2.05) is 18.2 Å². The Hall–Kier alpha value is -2.37. The van der Waals surface area contributed by atoms with Crippen molar-refractivity contribution in [1.29, 1.82) is 0 Å². The minimum absolute atomic E-state index is 0.0885. The second-order valence-electron chi connectivity index (χ2n) is 6.54. The number of amides is 1. The number of carbonyl (C=O) groups excluding carboxylic acids is 1. The van der Waals surface area contributed by atoms with E-state index in [1.165, 1.54) is 0 Å². The average Bonchev–Trinajstić information content (AvgIpc) is 3.18. The molecule has 2 aromatic heterocycles. The number of anilines is 1. The standard InChI is InChI=1S/C17H20N4O2/c1-11-9-21(16-4-2-3-7-18-16)10-14(11)19-17(22)13-8-15(23-20-13)12-5-6-12/h2-4,7-8,11-12,14H,5-6,9-10H2,1H3,(H,19,22)/t11-,14+/m1/s1. The van der Waals surface area contributed by atoms with Crippen molar-refractivity contribution in [3.63, 3.8) is 0 Å². The quantitative estimate of drug-likeness (QED) is 0.937. The van der Waals surface area contributed by atoms with Gasteiger partial charge in [0, 0.05) is 31.3 Å². The lowest BCUT2D eigenvalue weighted by Crippen LogP contribution is -2.40. The third kappa shape index (κ3) is 2.93. The Balaban J connectivity index is 1.40. The van der Waals surface area contributed by atoms with Gasteiger partial charge in [-0.15, -0.1) is 0 Å². The van der Waals surface area contributed by atoms with E-state index in [9.17, 15) is 4.79 Å². The number of hydrogen-bond acceptors (Lipinski definition) is 5. The summed E-state index contributed by atoms with van der Waals surface area (Å²) in [6.07, 6.45) is 4.06. The molecule has 0 radical (unpaired) electrons. The van der Waals surface area contributed by atoms with Gasteiger partial charge in [0.15, 0.2) is 5.69 Å². The monoisotopic (exact) mass is 312 g/mol. The molecule has 2 aliphatic rings. The van der Waals surface area contributed by atoms with Crippen molar-refractivity contribution in [2.45, 2.75) is 31.7 Å². The molecule has 2 atom stereocenters. The number of rotatable bonds is 4. The van der Waals surface area contributed by atoms with Crippen LogP contribution in [0.3, 0.4) is 0 Å². The molecule has 1 aliphatic heterocycles. The fourth-order valence-corrected chi connectivity index (χ4v) is 3.08. The van der Waals surface area contributed by atoms with Crippen LogP contribution in [0.4, 0.5) is 5.82 Å². The molecule has 2 aromatic rings. The highest BCUT2D eigenvalue weighted by atomic mass is 16.5. The van der Waals surface area contributed by atoms with E-state index in [1.54, 1.807) is 12.3 Å². The van der Waals surface area contributed by atoms with E-state index in [0.29, 0.717) is 17.5 Å². The lowest BCUT2D eigenvalue weighted by Gasteiger charge is -2.17. The van der Waals surface area contributed by atoms with E-state index in [0.717, 1.165) is 37.5 Å². The summed E-state index contributed by atoms with van der Waals surface area (Å²) in [7, 11) is 0. The van der Waals surface area contributed by atoms with Gasteiger partial charge in [-0.2, -0.15) is 0 Å². The zero-order valence-corrected chi connectivity index (χ0v) is 13.1. The van der Waals surface area contributed by atoms with Gasteiger partial charge in [-0.1, -0.05) is 18.1 Å². The second-order valence-corrected chi connectivity index (χ2v) is 6.54. The zero-order chi connectivity index (χ0) is 15.8. The van der Waals surface area contributed by atoms with Crippen molar-refractivity contribution in [2.24, 2.45) is 5.92 Å². The topological polar surface area (TPSA) is 71.3 Å². The van der Waals surface area contributed by atoms with Gasteiger partial charge in [0.25, 0.3) is 5.91 Å². The maximum absolute atomic E-state index is 12.4. The van der Waals surface area contributed by atoms with Gasteiger partial charge < -0.3 is 14.7 Å². The van der Waals surface area contributed by atoms with Crippen molar-refractivity contribution in [1.82, 2.24) is 15.5 Å². The van der Waals surface area contributed by atoms with Gasteiger partial charge in [0.05, 0.1) is 6.04 Å². The van der Waals surface area contributed by atoms with Gasteiger partial charge in [-0.25, -0.2) is 4.98 Å². The van der Waals surface area contributed by atoms with Crippen molar-refractivity contribution < 1.29 is 9.32 Å². The second kappa shape index (κ2) is 5.68. The first kappa shape index (κ1) is 14.2. The summed E-state index contributed by atoms with van der Waals surface area (Å²) < 4.78 is 5.26. The van der Waals surface area contributed by atoms with Gasteiger partial charge >= 0.3 is 0 Å². The van der Waals surface area contributed by atoms with Crippen LogP contribution in [0.25, 0.3) is 0 Å². The summed E-state index contributed by atoms with van der Waals surface area (Å²) in [5, 5.41) is 7.00. The summed E-state index contributed by atoms with van der Waals surface area (Å²) >= 11 is 0. The summed E-state index contributed by atoms with van der Waals surface area (Å²) in [6.45, 7) is 3.79. The summed E-state index contributed by atoms with van der Waals surface area (Å²) in [5.74, 6) is 2.46. The highest BCUT2D eigenvalue weighted by Gasteiger charge is 2.33. The maximum Gasteiger partial charge on any atom is 0.273 e. The smallest absolute Gasteiger partial charge is 0.273 e. The van der Waals surface area contributed by atoms with E-state index < -0.39 is 0 Å². The van der Waals surface area contributed by atoms with E-state index in [-0.39, 0.29) is 11.9 Å². The largest absolute Gasteiger partial charge is 0.360 e. The lowest BCUT2D eigenvalue weighted by molar-refractivity contribution is 0.0924. The number of hydrogen-bond donors (Lipinski definition) is 1. The van der Waals surface area contributed by atoms with Crippen LogP contribution in [0.1, 0.15) is 41.9 Å².